The Morgan fingerprint density at radius 2 is 1.57 bits per heavy atom. The van der Waals surface area contributed by atoms with Crippen molar-refractivity contribution in [3.8, 4) is 0 Å². The van der Waals surface area contributed by atoms with Crippen molar-refractivity contribution in [1.82, 2.24) is 5.32 Å². The van der Waals surface area contributed by atoms with E-state index in [1.165, 1.54) is 0 Å². The minimum absolute atomic E-state index is 0.0535. The van der Waals surface area contributed by atoms with Crippen LogP contribution in [0.15, 0.2) is 0 Å². The van der Waals surface area contributed by atoms with Crippen molar-refractivity contribution in [2.24, 2.45) is 16.6 Å². The van der Waals surface area contributed by atoms with Crippen molar-refractivity contribution in [2.75, 3.05) is 6.54 Å². The van der Waals surface area contributed by atoms with Crippen molar-refractivity contribution in [1.29, 1.82) is 0 Å². The molecule has 0 fully saturated rings. The molecule has 3 N–H and O–H groups in total. The zero-order chi connectivity index (χ0) is 11.6. The molecule has 0 bridgehead atoms. The van der Waals surface area contributed by atoms with Gasteiger partial charge in [0.25, 0.3) is 0 Å². The molecule has 0 saturated carbocycles. The van der Waals surface area contributed by atoms with Gasteiger partial charge in [0.15, 0.2) is 0 Å². The van der Waals surface area contributed by atoms with E-state index >= 15 is 0 Å². The van der Waals surface area contributed by atoms with Crippen molar-refractivity contribution in [3.63, 3.8) is 0 Å². The number of carbonyl (C=O) groups excluding carboxylic acids is 2. The summed E-state index contributed by atoms with van der Waals surface area (Å²) in [5.74, 6) is -1.66. The predicted octanol–water partition coefficient (Wildman–Crippen LogP) is 0.660. The number of primary amides is 1. The van der Waals surface area contributed by atoms with Crippen molar-refractivity contribution in [3.05, 3.63) is 0 Å². The van der Waals surface area contributed by atoms with Crippen LogP contribution in [-0.2, 0) is 9.59 Å². The summed E-state index contributed by atoms with van der Waals surface area (Å²) in [7, 11) is 0. The second kappa shape index (κ2) is 3.98. The second-order valence-corrected chi connectivity index (χ2v) is 5.18. The predicted molar refractivity (Wildman–Crippen MR) is 55.4 cm³/mol. The molecule has 2 amide bonds. The quantitative estimate of drug-likeness (QED) is 0.643. The lowest BCUT2D eigenvalue weighted by Gasteiger charge is -2.38. The molecule has 14 heavy (non-hydrogen) atoms. The first-order valence-electron chi connectivity index (χ1n) is 4.65. The molecule has 0 rings (SSSR count). The van der Waals surface area contributed by atoms with Gasteiger partial charge in [-0.2, -0.15) is 0 Å². The highest BCUT2D eigenvalue weighted by Crippen LogP contribution is 2.36. The minimum atomic E-state index is -0.935. The summed E-state index contributed by atoms with van der Waals surface area (Å²) in [5, 5.41) is 2.52. The number of amides is 2. The third-order valence-electron chi connectivity index (χ3n) is 2.95. The average molecular weight is 200 g/mol. The third-order valence-corrected chi connectivity index (χ3v) is 2.95. The normalized spacial score (nSPS) is 12.4. The van der Waals surface area contributed by atoms with E-state index in [9.17, 15) is 9.59 Å². The fraction of sp³-hybridized carbons (Fsp3) is 0.800. The van der Waals surface area contributed by atoms with Gasteiger partial charge in [0.2, 0.25) is 0 Å². The highest BCUT2D eigenvalue weighted by Gasteiger charge is 2.33. The van der Waals surface area contributed by atoms with Gasteiger partial charge in [0, 0.05) is 6.54 Å². The van der Waals surface area contributed by atoms with E-state index in [-0.39, 0.29) is 10.8 Å². The molecule has 0 aliphatic heterocycles. The maximum absolute atomic E-state index is 10.9. The first-order chi connectivity index (χ1) is 6.08. The lowest BCUT2D eigenvalue weighted by atomic mass is 9.69. The minimum Gasteiger partial charge on any atom is -0.361 e. The Kier molecular flexibility index (Phi) is 3.68. The first kappa shape index (κ1) is 12.9. The number of hydrogen-bond donors (Lipinski definition) is 2. The molecule has 0 heterocycles. The molecule has 0 aliphatic rings. The molecule has 0 radical (unpaired) electrons. The molecule has 0 aromatic carbocycles. The van der Waals surface area contributed by atoms with Gasteiger partial charge in [-0.15, -0.1) is 0 Å². The van der Waals surface area contributed by atoms with Crippen LogP contribution in [0, 0.1) is 10.8 Å². The van der Waals surface area contributed by atoms with E-state index in [2.05, 4.69) is 26.1 Å². The van der Waals surface area contributed by atoms with E-state index in [0.29, 0.717) is 6.54 Å². The number of nitrogens with one attached hydrogen (secondary N) is 1. The molecule has 82 valence electrons. The van der Waals surface area contributed by atoms with Gasteiger partial charge >= 0.3 is 11.8 Å². The van der Waals surface area contributed by atoms with Crippen molar-refractivity contribution >= 4 is 11.8 Å². The maximum atomic E-state index is 10.9. The summed E-state index contributed by atoms with van der Waals surface area (Å²) in [4.78, 5) is 21.4. The van der Waals surface area contributed by atoms with E-state index in [4.69, 9.17) is 5.73 Å². The summed E-state index contributed by atoms with van der Waals surface area (Å²) in [6, 6.07) is 0. The van der Waals surface area contributed by atoms with E-state index < -0.39 is 11.8 Å². The molecular weight excluding hydrogens is 180 g/mol. The van der Waals surface area contributed by atoms with E-state index in [1.54, 1.807) is 0 Å². The van der Waals surface area contributed by atoms with Gasteiger partial charge in [0.05, 0.1) is 0 Å². The highest BCUT2D eigenvalue weighted by atomic mass is 16.2. The highest BCUT2D eigenvalue weighted by molar-refractivity contribution is 6.34. The van der Waals surface area contributed by atoms with Crippen molar-refractivity contribution in [2.45, 2.75) is 34.6 Å². The molecule has 0 saturated heterocycles. The average Bonchev–Trinajstić information content (AvgIpc) is 1.97. The first-order valence-corrected chi connectivity index (χ1v) is 4.65. The van der Waals surface area contributed by atoms with Crippen LogP contribution in [0.5, 0.6) is 0 Å². The summed E-state index contributed by atoms with van der Waals surface area (Å²) in [6.07, 6.45) is 0. The summed E-state index contributed by atoms with van der Waals surface area (Å²) < 4.78 is 0. The van der Waals surface area contributed by atoms with Crippen LogP contribution in [-0.4, -0.2) is 18.4 Å². The van der Waals surface area contributed by atoms with Crippen LogP contribution in [0.25, 0.3) is 0 Å². The summed E-state index contributed by atoms with van der Waals surface area (Å²) in [6.45, 7) is 10.8. The summed E-state index contributed by atoms with van der Waals surface area (Å²) >= 11 is 0. The summed E-state index contributed by atoms with van der Waals surface area (Å²) in [5.41, 5.74) is 4.79. The van der Waals surface area contributed by atoms with Crippen LogP contribution in [0.4, 0.5) is 0 Å². The number of hydrogen-bond acceptors (Lipinski definition) is 2. The third kappa shape index (κ3) is 3.36. The van der Waals surface area contributed by atoms with Crippen LogP contribution >= 0.6 is 0 Å². The van der Waals surface area contributed by atoms with Crippen LogP contribution in [0.3, 0.4) is 0 Å². The lowest BCUT2D eigenvalue weighted by Crippen LogP contribution is -2.45. The Bertz CT molecular complexity index is 239. The van der Waals surface area contributed by atoms with E-state index in [0.717, 1.165) is 0 Å². The monoisotopic (exact) mass is 200 g/mol. The van der Waals surface area contributed by atoms with E-state index in [1.807, 2.05) is 13.8 Å². The van der Waals surface area contributed by atoms with Gasteiger partial charge in [-0.05, 0) is 10.8 Å². The Morgan fingerprint density at radius 3 is 1.86 bits per heavy atom. The van der Waals surface area contributed by atoms with Gasteiger partial charge in [-0.25, -0.2) is 0 Å². The van der Waals surface area contributed by atoms with Gasteiger partial charge in [-0.1, -0.05) is 34.6 Å². The van der Waals surface area contributed by atoms with Crippen LogP contribution in [0.2, 0.25) is 0 Å². The van der Waals surface area contributed by atoms with Gasteiger partial charge in [-0.3, -0.25) is 9.59 Å². The Morgan fingerprint density at radius 1 is 1.14 bits per heavy atom. The molecule has 0 unspecified atom stereocenters. The molecule has 0 aliphatic carbocycles. The van der Waals surface area contributed by atoms with Crippen LogP contribution < -0.4 is 11.1 Å². The lowest BCUT2D eigenvalue weighted by molar-refractivity contribution is -0.137. The number of carbonyl (C=O) groups is 2. The smallest absolute Gasteiger partial charge is 0.309 e. The standard InChI is InChI=1S/C10H20N2O2/c1-9(2,3)10(4,5)6-12-8(14)7(11)13/h6H2,1-5H3,(H2,11,13)(H,12,14). The van der Waals surface area contributed by atoms with Crippen molar-refractivity contribution < 1.29 is 9.59 Å². The molecule has 0 atom stereocenters. The Balaban J connectivity index is 4.27. The molecule has 0 aromatic heterocycles. The maximum Gasteiger partial charge on any atom is 0.309 e. The molecule has 4 heteroatoms. The van der Waals surface area contributed by atoms with Crippen LogP contribution in [0.1, 0.15) is 34.6 Å². The molecule has 0 aromatic rings. The molecule has 4 nitrogen and oxygen atoms in total. The van der Waals surface area contributed by atoms with Gasteiger partial charge in [0.1, 0.15) is 0 Å². The largest absolute Gasteiger partial charge is 0.361 e. The zero-order valence-corrected chi connectivity index (χ0v) is 9.60. The topological polar surface area (TPSA) is 72.2 Å². The Hall–Kier alpha value is -1.06. The second-order valence-electron chi connectivity index (χ2n) is 5.18. The van der Waals surface area contributed by atoms with Gasteiger partial charge < -0.3 is 11.1 Å². The number of rotatable bonds is 2. The molecule has 0 spiro atoms. The SMILES string of the molecule is CC(C)(C)C(C)(C)CNC(=O)C(N)=O. The fourth-order valence-corrected chi connectivity index (χ4v) is 0.654. The Labute approximate surface area is 85.2 Å². The number of nitrogens with two attached hydrogens (primary N) is 1. The molecular formula is C10H20N2O2. The zero-order valence-electron chi connectivity index (χ0n) is 9.60. The fourth-order valence-electron chi connectivity index (χ4n) is 0.654.